The Kier molecular flexibility index (Phi) is 2.37. The van der Waals surface area contributed by atoms with Crippen LogP contribution in [0.1, 0.15) is 18.4 Å². The van der Waals surface area contributed by atoms with E-state index in [-0.39, 0.29) is 6.10 Å². The summed E-state index contributed by atoms with van der Waals surface area (Å²) >= 11 is 0. The minimum atomic E-state index is 0.264. The van der Waals surface area contributed by atoms with Crippen LogP contribution in [0.15, 0.2) is 24.3 Å². The van der Waals surface area contributed by atoms with E-state index in [4.69, 9.17) is 9.47 Å². The van der Waals surface area contributed by atoms with Crippen LogP contribution in [0.2, 0.25) is 0 Å². The Morgan fingerprint density at radius 2 is 2.13 bits per heavy atom. The van der Waals surface area contributed by atoms with Crippen molar-refractivity contribution in [2.45, 2.75) is 25.4 Å². The van der Waals surface area contributed by atoms with Crippen LogP contribution in [-0.4, -0.2) is 19.3 Å². The molecule has 1 saturated carbocycles. The second-order valence-corrected chi connectivity index (χ2v) is 4.52. The topological polar surface area (TPSA) is 18.5 Å². The summed E-state index contributed by atoms with van der Waals surface area (Å²) in [5.41, 5.74) is 1.28. The lowest BCUT2D eigenvalue weighted by Gasteiger charge is -2.25. The first-order valence-electron chi connectivity index (χ1n) is 5.74. The zero-order chi connectivity index (χ0) is 10.1. The maximum Gasteiger partial charge on any atom is 0.122 e. The molecule has 1 heterocycles. The molecule has 2 aliphatic rings. The molecule has 1 aliphatic heterocycles. The van der Waals surface area contributed by atoms with Crippen molar-refractivity contribution in [3.05, 3.63) is 29.8 Å². The minimum Gasteiger partial charge on any atom is -0.491 e. The predicted octanol–water partition coefficient (Wildman–Crippen LogP) is 2.42. The number of para-hydroxylation sites is 1. The molecule has 0 unspecified atom stereocenters. The van der Waals surface area contributed by atoms with Crippen molar-refractivity contribution in [3.63, 3.8) is 0 Å². The van der Waals surface area contributed by atoms with Gasteiger partial charge in [-0.05, 0) is 30.4 Å². The molecule has 0 radical (unpaired) electrons. The summed E-state index contributed by atoms with van der Waals surface area (Å²) in [7, 11) is 0. The fourth-order valence-electron chi connectivity index (χ4n) is 1.96. The summed E-state index contributed by atoms with van der Waals surface area (Å²) in [6, 6.07) is 8.24. The van der Waals surface area contributed by atoms with Gasteiger partial charge in [0.2, 0.25) is 0 Å². The Labute approximate surface area is 90.2 Å². The lowest BCUT2D eigenvalue weighted by atomic mass is 10.0. The van der Waals surface area contributed by atoms with Gasteiger partial charge in [-0.25, -0.2) is 0 Å². The van der Waals surface area contributed by atoms with Crippen molar-refractivity contribution in [2.75, 3.05) is 13.2 Å². The van der Waals surface area contributed by atoms with E-state index < -0.39 is 0 Å². The molecule has 1 aliphatic carbocycles. The van der Waals surface area contributed by atoms with Gasteiger partial charge in [0.05, 0.1) is 6.10 Å². The fraction of sp³-hybridized carbons (Fsp3) is 0.538. The summed E-state index contributed by atoms with van der Waals surface area (Å²) in [5.74, 6) is 1.87. The highest BCUT2D eigenvalue weighted by atomic mass is 16.5. The van der Waals surface area contributed by atoms with Gasteiger partial charge in [0.15, 0.2) is 0 Å². The van der Waals surface area contributed by atoms with Gasteiger partial charge in [-0.2, -0.15) is 0 Å². The zero-order valence-corrected chi connectivity index (χ0v) is 8.82. The first-order valence-corrected chi connectivity index (χ1v) is 5.74. The monoisotopic (exact) mass is 204 g/mol. The molecule has 80 valence electrons. The molecule has 2 heteroatoms. The first kappa shape index (κ1) is 9.22. The standard InChI is InChI=1S/C13H16O2/c1-2-4-13-11(3-1)7-12(9-15-13)14-8-10-5-6-10/h1-4,10,12H,5-9H2/t12-/m1/s1. The lowest BCUT2D eigenvalue weighted by Crippen LogP contribution is -2.29. The molecule has 0 amide bonds. The normalized spacial score (nSPS) is 24.4. The maximum atomic E-state index is 5.84. The summed E-state index contributed by atoms with van der Waals surface area (Å²) in [6.45, 7) is 1.64. The van der Waals surface area contributed by atoms with E-state index in [2.05, 4.69) is 12.1 Å². The van der Waals surface area contributed by atoms with Gasteiger partial charge < -0.3 is 9.47 Å². The van der Waals surface area contributed by atoms with Crippen LogP contribution < -0.4 is 4.74 Å². The van der Waals surface area contributed by atoms with Crippen LogP contribution in [-0.2, 0) is 11.2 Å². The number of fused-ring (bicyclic) bond motifs is 1. The molecule has 0 spiro atoms. The van der Waals surface area contributed by atoms with Crippen LogP contribution in [0.3, 0.4) is 0 Å². The van der Waals surface area contributed by atoms with Crippen LogP contribution in [0.4, 0.5) is 0 Å². The highest BCUT2D eigenvalue weighted by Gasteiger charge is 2.25. The van der Waals surface area contributed by atoms with Crippen molar-refractivity contribution in [3.8, 4) is 5.75 Å². The Bertz CT molecular complexity index is 344. The van der Waals surface area contributed by atoms with Crippen LogP contribution in [0.25, 0.3) is 0 Å². The third-order valence-corrected chi connectivity index (χ3v) is 3.11. The molecule has 1 aromatic carbocycles. The molecular formula is C13H16O2. The SMILES string of the molecule is c1ccc2c(c1)C[C@@H](OCC1CC1)CO2. The van der Waals surface area contributed by atoms with Crippen molar-refractivity contribution < 1.29 is 9.47 Å². The minimum absolute atomic E-state index is 0.264. The fourth-order valence-corrected chi connectivity index (χ4v) is 1.96. The summed E-state index contributed by atoms with van der Waals surface area (Å²) < 4.78 is 11.5. The molecule has 3 rings (SSSR count). The highest BCUT2D eigenvalue weighted by molar-refractivity contribution is 5.35. The zero-order valence-electron chi connectivity index (χ0n) is 8.82. The largest absolute Gasteiger partial charge is 0.491 e. The molecule has 1 fully saturated rings. The van der Waals surface area contributed by atoms with Crippen LogP contribution >= 0.6 is 0 Å². The van der Waals surface area contributed by atoms with Gasteiger partial charge in [-0.15, -0.1) is 0 Å². The average Bonchev–Trinajstić information content (AvgIpc) is 3.10. The molecule has 15 heavy (non-hydrogen) atoms. The number of benzene rings is 1. The van der Waals surface area contributed by atoms with E-state index >= 15 is 0 Å². The molecule has 1 atom stereocenters. The second kappa shape index (κ2) is 3.86. The van der Waals surface area contributed by atoms with E-state index in [0.29, 0.717) is 6.61 Å². The van der Waals surface area contributed by atoms with Gasteiger partial charge in [-0.3, -0.25) is 0 Å². The highest BCUT2D eigenvalue weighted by Crippen LogP contribution is 2.31. The molecular weight excluding hydrogens is 188 g/mol. The lowest BCUT2D eigenvalue weighted by molar-refractivity contribution is 0.00605. The second-order valence-electron chi connectivity index (χ2n) is 4.52. The molecule has 0 N–H and O–H groups in total. The van der Waals surface area contributed by atoms with E-state index in [9.17, 15) is 0 Å². The van der Waals surface area contributed by atoms with Gasteiger partial charge in [-0.1, -0.05) is 18.2 Å². The number of hydrogen-bond acceptors (Lipinski definition) is 2. The van der Waals surface area contributed by atoms with Crippen LogP contribution in [0.5, 0.6) is 5.75 Å². The van der Waals surface area contributed by atoms with Crippen molar-refractivity contribution in [1.82, 2.24) is 0 Å². The molecule has 0 aromatic heterocycles. The Morgan fingerprint density at radius 1 is 1.27 bits per heavy atom. The molecule has 0 bridgehead atoms. The Morgan fingerprint density at radius 3 is 3.00 bits per heavy atom. The van der Waals surface area contributed by atoms with E-state index in [1.54, 1.807) is 0 Å². The van der Waals surface area contributed by atoms with Crippen molar-refractivity contribution in [2.24, 2.45) is 5.92 Å². The third-order valence-electron chi connectivity index (χ3n) is 3.11. The maximum absolute atomic E-state index is 5.84. The van der Waals surface area contributed by atoms with Crippen LogP contribution in [0, 0.1) is 5.92 Å². The summed E-state index contributed by atoms with van der Waals surface area (Å²) in [5, 5.41) is 0. The average molecular weight is 204 g/mol. The summed E-state index contributed by atoms with van der Waals surface area (Å²) in [6.07, 6.45) is 3.97. The molecule has 0 saturated heterocycles. The molecule has 1 aromatic rings. The van der Waals surface area contributed by atoms with E-state index in [1.165, 1.54) is 18.4 Å². The van der Waals surface area contributed by atoms with Crippen molar-refractivity contribution in [1.29, 1.82) is 0 Å². The Balaban J connectivity index is 1.61. The Hall–Kier alpha value is -1.02. The summed E-state index contributed by atoms with van der Waals surface area (Å²) in [4.78, 5) is 0. The number of ether oxygens (including phenoxy) is 2. The van der Waals surface area contributed by atoms with Gasteiger partial charge in [0.25, 0.3) is 0 Å². The van der Waals surface area contributed by atoms with E-state index in [1.807, 2.05) is 12.1 Å². The van der Waals surface area contributed by atoms with Gasteiger partial charge in [0.1, 0.15) is 12.4 Å². The van der Waals surface area contributed by atoms with Gasteiger partial charge in [0, 0.05) is 13.0 Å². The third kappa shape index (κ3) is 2.15. The van der Waals surface area contributed by atoms with E-state index in [0.717, 1.165) is 24.7 Å². The smallest absolute Gasteiger partial charge is 0.122 e. The van der Waals surface area contributed by atoms with Crippen molar-refractivity contribution >= 4 is 0 Å². The quantitative estimate of drug-likeness (QED) is 0.752. The predicted molar refractivity (Wildman–Crippen MR) is 58.1 cm³/mol. The number of rotatable bonds is 3. The molecule has 2 nitrogen and oxygen atoms in total. The first-order chi connectivity index (χ1) is 7.42. The number of hydrogen-bond donors (Lipinski definition) is 0. The van der Waals surface area contributed by atoms with Gasteiger partial charge >= 0.3 is 0 Å².